The van der Waals surface area contributed by atoms with Crippen LogP contribution in [0, 0.1) is 0 Å². The standard InChI is InChI=1S/C13H25NO3/c1-11(15)3-2-6-14-12-4-7-17-13(9-12)5-8-16-10-13/h11-12,14-15H,2-10H2,1H3. The molecule has 2 heterocycles. The van der Waals surface area contributed by atoms with Gasteiger partial charge in [0.05, 0.1) is 18.3 Å². The van der Waals surface area contributed by atoms with E-state index in [0.29, 0.717) is 6.04 Å². The Morgan fingerprint density at radius 1 is 1.47 bits per heavy atom. The molecule has 0 aromatic rings. The normalized spacial score (nSPS) is 35.3. The van der Waals surface area contributed by atoms with Gasteiger partial charge < -0.3 is 19.9 Å². The van der Waals surface area contributed by atoms with Gasteiger partial charge in [-0.15, -0.1) is 0 Å². The van der Waals surface area contributed by atoms with E-state index in [2.05, 4.69) is 5.32 Å². The number of aliphatic hydroxyl groups is 1. The van der Waals surface area contributed by atoms with E-state index in [9.17, 15) is 5.11 Å². The van der Waals surface area contributed by atoms with E-state index < -0.39 is 0 Å². The second-order valence-electron chi connectivity index (χ2n) is 5.47. The highest BCUT2D eigenvalue weighted by molar-refractivity contribution is 4.92. The van der Waals surface area contributed by atoms with Crippen molar-refractivity contribution < 1.29 is 14.6 Å². The third-order valence-corrected chi connectivity index (χ3v) is 3.79. The molecule has 2 fully saturated rings. The van der Waals surface area contributed by atoms with Crippen LogP contribution in [-0.4, -0.2) is 49.2 Å². The summed E-state index contributed by atoms with van der Waals surface area (Å²) in [5, 5.41) is 12.8. The van der Waals surface area contributed by atoms with Crippen LogP contribution in [0.5, 0.6) is 0 Å². The van der Waals surface area contributed by atoms with Gasteiger partial charge >= 0.3 is 0 Å². The Hall–Kier alpha value is -0.160. The quantitative estimate of drug-likeness (QED) is 0.709. The fourth-order valence-corrected chi connectivity index (χ4v) is 2.77. The summed E-state index contributed by atoms with van der Waals surface area (Å²) >= 11 is 0. The lowest BCUT2D eigenvalue weighted by atomic mass is 9.89. The third kappa shape index (κ3) is 3.91. The first-order valence-corrected chi connectivity index (χ1v) is 6.83. The van der Waals surface area contributed by atoms with Gasteiger partial charge in [0.25, 0.3) is 0 Å². The fraction of sp³-hybridized carbons (Fsp3) is 1.00. The molecular formula is C13H25NO3. The predicted octanol–water partition coefficient (Wildman–Crippen LogP) is 1.08. The van der Waals surface area contributed by atoms with E-state index in [0.717, 1.165) is 58.5 Å². The molecule has 0 bridgehead atoms. The van der Waals surface area contributed by atoms with Crippen LogP contribution in [0.15, 0.2) is 0 Å². The van der Waals surface area contributed by atoms with Crippen LogP contribution in [0.2, 0.25) is 0 Å². The van der Waals surface area contributed by atoms with Crippen molar-refractivity contribution in [2.24, 2.45) is 0 Å². The summed E-state index contributed by atoms with van der Waals surface area (Å²) in [5.41, 5.74) is 0.000185. The summed E-state index contributed by atoms with van der Waals surface area (Å²) in [6.07, 6.45) is 4.95. The van der Waals surface area contributed by atoms with Gasteiger partial charge in [-0.05, 0) is 39.2 Å². The molecule has 0 aliphatic carbocycles. The Morgan fingerprint density at radius 3 is 3.06 bits per heavy atom. The molecular weight excluding hydrogens is 218 g/mol. The lowest BCUT2D eigenvalue weighted by molar-refractivity contribution is -0.0892. The number of hydrogen-bond acceptors (Lipinski definition) is 4. The molecule has 0 aromatic carbocycles. The highest BCUT2D eigenvalue weighted by Gasteiger charge is 2.40. The number of aliphatic hydroxyl groups excluding tert-OH is 1. The topological polar surface area (TPSA) is 50.7 Å². The van der Waals surface area contributed by atoms with Crippen molar-refractivity contribution in [3.05, 3.63) is 0 Å². The van der Waals surface area contributed by atoms with Crippen LogP contribution >= 0.6 is 0 Å². The van der Waals surface area contributed by atoms with Crippen LogP contribution < -0.4 is 5.32 Å². The summed E-state index contributed by atoms with van der Waals surface area (Å²) in [7, 11) is 0. The second kappa shape index (κ2) is 6.14. The molecule has 2 saturated heterocycles. The first-order chi connectivity index (χ1) is 8.20. The molecule has 17 heavy (non-hydrogen) atoms. The van der Waals surface area contributed by atoms with Gasteiger partial charge in [0, 0.05) is 25.7 Å². The number of nitrogens with one attached hydrogen (secondary N) is 1. The summed E-state index contributed by atoms with van der Waals surface area (Å²) in [5.74, 6) is 0. The van der Waals surface area contributed by atoms with Crippen LogP contribution in [0.3, 0.4) is 0 Å². The first kappa shape index (κ1) is 13.3. The lowest BCUT2D eigenvalue weighted by Gasteiger charge is -2.37. The van der Waals surface area contributed by atoms with Crippen LogP contribution in [0.1, 0.15) is 39.0 Å². The molecule has 4 heteroatoms. The van der Waals surface area contributed by atoms with Crippen LogP contribution in [0.25, 0.3) is 0 Å². The smallest absolute Gasteiger partial charge is 0.0951 e. The Balaban J connectivity index is 1.67. The molecule has 0 saturated carbocycles. The third-order valence-electron chi connectivity index (χ3n) is 3.79. The van der Waals surface area contributed by atoms with Crippen LogP contribution in [0.4, 0.5) is 0 Å². The molecule has 3 unspecified atom stereocenters. The monoisotopic (exact) mass is 243 g/mol. The van der Waals surface area contributed by atoms with Gasteiger partial charge in [-0.1, -0.05) is 0 Å². The molecule has 4 nitrogen and oxygen atoms in total. The largest absolute Gasteiger partial charge is 0.393 e. The van der Waals surface area contributed by atoms with Crippen molar-refractivity contribution in [1.82, 2.24) is 5.32 Å². The van der Waals surface area contributed by atoms with Crippen molar-refractivity contribution >= 4 is 0 Å². The molecule has 2 aliphatic heterocycles. The van der Waals surface area contributed by atoms with E-state index in [1.165, 1.54) is 0 Å². The minimum Gasteiger partial charge on any atom is -0.393 e. The predicted molar refractivity (Wildman–Crippen MR) is 66.1 cm³/mol. The Morgan fingerprint density at radius 2 is 2.35 bits per heavy atom. The molecule has 3 atom stereocenters. The lowest BCUT2D eigenvalue weighted by Crippen LogP contribution is -2.47. The number of ether oxygens (including phenoxy) is 2. The van der Waals surface area contributed by atoms with Gasteiger partial charge in [-0.3, -0.25) is 0 Å². The van der Waals surface area contributed by atoms with Gasteiger partial charge in [0.2, 0.25) is 0 Å². The Labute approximate surface area is 104 Å². The molecule has 100 valence electrons. The maximum Gasteiger partial charge on any atom is 0.0951 e. The van der Waals surface area contributed by atoms with Crippen molar-refractivity contribution in [2.45, 2.75) is 56.8 Å². The molecule has 2 N–H and O–H groups in total. The Kier molecular flexibility index (Phi) is 4.79. The zero-order valence-electron chi connectivity index (χ0n) is 10.8. The van der Waals surface area contributed by atoms with Crippen molar-refractivity contribution in [2.75, 3.05) is 26.4 Å². The molecule has 0 radical (unpaired) electrons. The van der Waals surface area contributed by atoms with Gasteiger partial charge in [0.1, 0.15) is 0 Å². The maximum atomic E-state index is 9.19. The zero-order chi connectivity index (χ0) is 12.1. The van der Waals surface area contributed by atoms with E-state index in [1.807, 2.05) is 6.92 Å². The number of hydrogen-bond donors (Lipinski definition) is 2. The highest BCUT2D eigenvalue weighted by Crippen LogP contribution is 2.32. The average Bonchev–Trinajstić information content (AvgIpc) is 2.73. The summed E-state index contributed by atoms with van der Waals surface area (Å²) < 4.78 is 11.4. The molecule has 2 rings (SSSR count). The SMILES string of the molecule is CC(O)CCCNC1CCOC2(CCOC2)C1. The van der Waals surface area contributed by atoms with Gasteiger partial charge in [-0.25, -0.2) is 0 Å². The minimum atomic E-state index is -0.180. The van der Waals surface area contributed by atoms with E-state index >= 15 is 0 Å². The summed E-state index contributed by atoms with van der Waals surface area (Å²) in [6, 6.07) is 0.555. The molecule has 2 aliphatic rings. The molecule has 0 amide bonds. The fourth-order valence-electron chi connectivity index (χ4n) is 2.77. The van der Waals surface area contributed by atoms with E-state index in [1.54, 1.807) is 0 Å². The highest BCUT2D eigenvalue weighted by atomic mass is 16.6. The molecule has 1 spiro atoms. The Bertz CT molecular complexity index is 227. The van der Waals surface area contributed by atoms with E-state index in [-0.39, 0.29) is 11.7 Å². The van der Waals surface area contributed by atoms with Gasteiger partial charge in [0.15, 0.2) is 0 Å². The first-order valence-electron chi connectivity index (χ1n) is 6.83. The average molecular weight is 243 g/mol. The molecule has 0 aromatic heterocycles. The number of rotatable bonds is 5. The van der Waals surface area contributed by atoms with Crippen LogP contribution in [-0.2, 0) is 9.47 Å². The summed E-state index contributed by atoms with van der Waals surface area (Å²) in [6.45, 7) is 5.29. The van der Waals surface area contributed by atoms with Gasteiger partial charge in [-0.2, -0.15) is 0 Å². The summed E-state index contributed by atoms with van der Waals surface area (Å²) in [4.78, 5) is 0. The van der Waals surface area contributed by atoms with Crippen molar-refractivity contribution in [3.8, 4) is 0 Å². The van der Waals surface area contributed by atoms with E-state index in [4.69, 9.17) is 9.47 Å². The van der Waals surface area contributed by atoms with Crippen molar-refractivity contribution in [1.29, 1.82) is 0 Å². The minimum absolute atomic E-state index is 0.000185. The van der Waals surface area contributed by atoms with Crippen molar-refractivity contribution in [3.63, 3.8) is 0 Å². The zero-order valence-corrected chi connectivity index (χ0v) is 10.8. The second-order valence-corrected chi connectivity index (χ2v) is 5.47. The maximum absolute atomic E-state index is 9.19.